The van der Waals surface area contributed by atoms with Crippen LogP contribution in [-0.2, 0) is 14.6 Å². The smallest absolute Gasteiger partial charge is 0.270 e. The molecule has 30 heavy (non-hydrogen) atoms. The van der Waals surface area contributed by atoms with Crippen LogP contribution in [0.4, 0.5) is 5.69 Å². The molecule has 3 rings (SSSR count). The predicted molar refractivity (Wildman–Crippen MR) is 119 cm³/mol. The average molecular weight is 482 g/mol. The second-order valence-electron chi connectivity index (χ2n) is 5.91. The molecule has 0 aliphatic rings. The number of hydrogen-bond acceptors (Lipinski definition) is 7. The summed E-state index contributed by atoms with van der Waals surface area (Å²) in [6, 6.07) is 13.0. The summed E-state index contributed by atoms with van der Waals surface area (Å²) in [4.78, 5) is 31.3. The summed E-state index contributed by atoms with van der Waals surface area (Å²) in [6.07, 6.45) is 2.92. The highest BCUT2D eigenvalue weighted by Gasteiger charge is 2.22. The molecular weight excluding hydrogens is 466 g/mol. The number of carbonyl (C=O) groups is 1. The van der Waals surface area contributed by atoms with Crippen molar-refractivity contribution in [3.63, 3.8) is 0 Å². The van der Waals surface area contributed by atoms with Gasteiger partial charge in [0, 0.05) is 15.6 Å². The van der Waals surface area contributed by atoms with Crippen LogP contribution < -0.4 is 10.9 Å². The maximum absolute atomic E-state index is 12.6. The van der Waals surface area contributed by atoms with Crippen molar-refractivity contribution in [2.45, 2.75) is 19.8 Å². The highest BCUT2D eigenvalue weighted by Crippen LogP contribution is 2.22. The van der Waals surface area contributed by atoms with Crippen LogP contribution in [0.3, 0.4) is 0 Å². The van der Waals surface area contributed by atoms with Gasteiger partial charge in [-0.25, -0.2) is 13.4 Å². The number of aromatic amines is 1. The van der Waals surface area contributed by atoms with Crippen molar-refractivity contribution in [3.05, 3.63) is 70.1 Å². The third-order valence-electron chi connectivity index (χ3n) is 3.83. The molecule has 1 amide bonds. The molecule has 2 N–H and O–H groups in total. The Morgan fingerprint density at radius 3 is 2.67 bits per heavy atom. The Kier molecular flexibility index (Phi) is 7.24. The number of amides is 1. The van der Waals surface area contributed by atoms with Gasteiger partial charge in [0.2, 0.25) is 15.7 Å². The van der Waals surface area contributed by atoms with E-state index in [9.17, 15) is 18.0 Å². The number of benzene rings is 2. The van der Waals surface area contributed by atoms with Crippen LogP contribution in [-0.4, -0.2) is 36.3 Å². The lowest BCUT2D eigenvalue weighted by molar-refractivity contribution is -0.113. The zero-order chi connectivity index (χ0) is 21.7. The molecule has 2 aromatic carbocycles. The first-order valence-corrected chi connectivity index (χ1v) is 12.5. The third kappa shape index (κ3) is 5.45. The van der Waals surface area contributed by atoms with Crippen molar-refractivity contribution in [1.29, 1.82) is 0 Å². The minimum atomic E-state index is -4.07. The summed E-state index contributed by atoms with van der Waals surface area (Å²) in [5.41, 5.74) is -0.155. The number of nitrogens with zero attached hydrogens (tertiary/aromatic N) is 1. The topological polar surface area (TPSA) is 109 Å². The molecule has 156 valence electrons. The van der Waals surface area contributed by atoms with Crippen LogP contribution in [0.25, 0.3) is 0 Å². The molecule has 0 unspecified atom stereocenters. The number of aromatic nitrogens is 2. The molecule has 0 saturated heterocycles. The fourth-order valence-electron chi connectivity index (χ4n) is 2.42. The number of thioether (sulfide) groups is 2. The Labute approximate surface area is 186 Å². The van der Waals surface area contributed by atoms with Crippen molar-refractivity contribution in [2.24, 2.45) is 0 Å². The maximum Gasteiger partial charge on any atom is 0.270 e. The molecule has 0 bridgehead atoms. The molecule has 7 nitrogen and oxygen atoms in total. The number of nitrogens with one attached hydrogen (secondary N) is 2. The van der Waals surface area contributed by atoms with E-state index < -0.39 is 20.3 Å². The number of halogens is 1. The predicted octanol–water partition coefficient (Wildman–Crippen LogP) is 3.71. The first-order valence-electron chi connectivity index (χ1n) is 8.46. The quantitative estimate of drug-likeness (QED) is 0.391. The minimum absolute atomic E-state index is 0.00712. The minimum Gasteiger partial charge on any atom is -0.325 e. The van der Waals surface area contributed by atoms with E-state index in [0.29, 0.717) is 5.69 Å². The Balaban J connectivity index is 1.69. The molecule has 0 spiro atoms. The van der Waals surface area contributed by atoms with Crippen molar-refractivity contribution >= 4 is 56.6 Å². The summed E-state index contributed by atoms with van der Waals surface area (Å²) >= 11 is 8.39. The summed E-state index contributed by atoms with van der Waals surface area (Å²) in [5.74, 6) is -0.288. The van der Waals surface area contributed by atoms with Crippen molar-refractivity contribution in [2.75, 3.05) is 17.3 Å². The van der Waals surface area contributed by atoms with Gasteiger partial charge in [-0.1, -0.05) is 35.5 Å². The number of carbonyl (C=O) groups excluding carboxylic acids is 1. The molecule has 0 atom stereocenters. The van der Waals surface area contributed by atoms with E-state index in [1.165, 1.54) is 24.3 Å². The number of anilines is 1. The van der Waals surface area contributed by atoms with Gasteiger partial charge in [0.1, 0.15) is 0 Å². The Hall–Kier alpha value is -2.27. The van der Waals surface area contributed by atoms with Gasteiger partial charge in [-0.2, -0.15) is 0 Å². The SMILES string of the molecule is CSc1cccc(NC(=O)CSc2ncc(S(=O)(=O)c3cccc(Cl)c3)c(=O)[nH]2)c1. The van der Waals surface area contributed by atoms with Crippen LogP contribution in [0.2, 0.25) is 5.02 Å². The van der Waals surface area contributed by atoms with Gasteiger partial charge < -0.3 is 10.3 Å². The molecule has 1 heterocycles. The van der Waals surface area contributed by atoms with Gasteiger partial charge in [-0.05, 0) is 42.7 Å². The van der Waals surface area contributed by atoms with Gasteiger partial charge >= 0.3 is 0 Å². The normalized spacial score (nSPS) is 11.3. The van der Waals surface area contributed by atoms with Crippen LogP contribution in [0.15, 0.2) is 79.4 Å². The lowest BCUT2D eigenvalue weighted by atomic mass is 10.3. The third-order valence-corrected chi connectivity index (χ3v) is 7.42. The first-order chi connectivity index (χ1) is 14.3. The molecule has 0 radical (unpaired) electrons. The molecule has 11 heteroatoms. The van der Waals surface area contributed by atoms with Gasteiger partial charge in [0.05, 0.1) is 16.8 Å². The molecule has 3 aromatic rings. The van der Waals surface area contributed by atoms with E-state index in [0.717, 1.165) is 22.9 Å². The van der Waals surface area contributed by atoms with E-state index in [2.05, 4.69) is 15.3 Å². The highest BCUT2D eigenvalue weighted by molar-refractivity contribution is 7.99. The van der Waals surface area contributed by atoms with Gasteiger partial charge in [-0.15, -0.1) is 11.8 Å². The van der Waals surface area contributed by atoms with E-state index in [-0.39, 0.29) is 26.7 Å². The van der Waals surface area contributed by atoms with E-state index in [1.807, 2.05) is 24.5 Å². The standard InChI is InChI=1S/C19H16ClN3O4S3/c1-28-14-6-3-5-13(9-14)22-17(24)11-29-19-21-10-16(18(25)23-19)30(26,27)15-7-2-4-12(20)8-15/h2-10H,11H2,1H3,(H,22,24)(H,21,23,25). The van der Waals surface area contributed by atoms with Crippen LogP contribution >= 0.6 is 35.1 Å². The fraction of sp³-hybridized carbons (Fsp3) is 0.105. The van der Waals surface area contributed by atoms with Gasteiger partial charge in [0.25, 0.3) is 5.56 Å². The molecule has 0 aliphatic heterocycles. The highest BCUT2D eigenvalue weighted by atomic mass is 35.5. The van der Waals surface area contributed by atoms with Crippen LogP contribution in [0.5, 0.6) is 0 Å². The molecule has 0 saturated carbocycles. The maximum atomic E-state index is 12.6. The molecule has 0 fully saturated rings. The number of rotatable bonds is 7. The van der Waals surface area contributed by atoms with Crippen LogP contribution in [0, 0.1) is 0 Å². The van der Waals surface area contributed by atoms with Gasteiger partial charge in [-0.3, -0.25) is 9.59 Å². The zero-order valence-corrected chi connectivity index (χ0v) is 18.8. The largest absolute Gasteiger partial charge is 0.325 e. The fourth-order valence-corrected chi connectivity index (χ4v) is 5.05. The number of sulfone groups is 1. The van der Waals surface area contributed by atoms with Crippen molar-refractivity contribution in [1.82, 2.24) is 9.97 Å². The lowest BCUT2D eigenvalue weighted by Gasteiger charge is -2.07. The van der Waals surface area contributed by atoms with E-state index >= 15 is 0 Å². The van der Waals surface area contributed by atoms with Crippen molar-refractivity contribution in [3.8, 4) is 0 Å². The Morgan fingerprint density at radius 1 is 1.20 bits per heavy atom. The molecule has 0 aliphatic carbocycles. The zero-order valence-electron chi connectivity index (χ0n) is 15.6. The molecular formula is C19H16ClN3O4S3. The molecule has 1 aromatic heterocycles. The number of H-pyrrole nitrogens is 1. The lowest BCUT2D eigenvalue weighted by Crippen LogP contribution is -2.20. The first kappa shape index (κ1) is 22.4. The number of hydrogen-bond donors (Lipinski definition) is 2. The Morgan fingerprint density at radius 2 is 1.97 bits per heavy atom. The monoisotopic (exact) mass is 481 g/mol. The summed E-state index contributed by atoms with van der Waals surface area (Å²) in [6.45, 7) is 0. The van der Waals surface area contributed by atoms with E-state index in [4.69, 9.17) is 11.6 Å². The van der Waals surface area contributed by atoms with Crippen molar-refractivity contribution < 1.29 is 13.2 Å². The van der Waals surface area contributed by atoms with Crippen LogP contribution in [0.1, 0.15) is 0 Å². The average Bonchev–Trinajstić information content (AvgIpc) is 2.72. The van der Waals surface area contributed by atoms with Gasteiger partial charge in [0.15, 0.2) is 10.1 Å². The summed E-state index contributed by atoms with van der Waals surface area (Å²) < 4.78 is 25.3. The Bertz CT molecular complexity index is 1250. The van der Waals surface area contributed by atoms with E-state index in [1.54, 1.807) is 17.8 Å². The second kappa shape index (κ2) is 9.69. The summed E-state index contributed by atoms with van der Waals surface area (Å²) in [5, 5.41) is 3.14. The summed E-state index contributed by atoms with van der Waals surface area (Å²) in [7, 11) is -4.07. The second-order valence-corrected chi connectivity index (χ2v) is 10.1.